The van der Waals surface area contributed by atoms with Crippen molar-refractivity contribution >= 4 is 0 Å². The van der Waals surface area contributed by atoms with Crippen molar-refractivity contribution in [1.82, 2.24) is 0 Å². The average Bonchev–Trinajstić information content (AvgIpc) is 1.90. The highest BCUT2D eigenvalue weighted by molar-refractivity contribution is 4.48. The van der Waals surface area contributed by atoms with E-state index >= 15 is 0 Å². The average molecular weight is 150 g/mol. The van der Waals surface area contributed by atoms with Crippen LogP contribution in [-0.2, 0) is 4.74 Å². The number of hydrogen-bond acceptors (Lipinski definition) is 3. The molecule has 3 nitrogen and oxygen atoms in total. The Morgan fingerprint density at radius 1 is 1.40 bits per heavy atom. The van der Waals surface area contributed by atoms with Gasteiger partial charge < -0.3 is 14.9 Å². The van der Waals surface area contributed by atoms with Gasteiger partial charge in [-0.15, -0.1) is 0 Å². The molecule has 0 saturated heterocycles. The summed E-state index contributed by atoms with van der Waals surface area (Å²) in [5.41, 5.74) is 0. The van der Waals surface area contributed by atoms with Crippen LogP contribution >= 0.6 is 0 Å². The summed E-state index contributed by atoms with van der Waals surface area (Å²) in [7, 11) is 3.25. The van der Waals surface area contributed by atoms with E-state index in [0.717, 1.165) is 6.42 Å². The Balaban J connectivity index is 0. The maximum atomic E-state index is 8.61. The molecule has 0 aliphatic heterocycles. The van der Waals surface area contributed by atoms with Crippen molar-refractivity contribution in [3.8, 4) is 0 Å². The third-order valence-corrected chi connectivity index (χ3v) is 0.833. The van der Waals surface area contributed by atoms with Gasteiger partial charge in [-0.25, -0.2) is 0 Å². The van der Waals surface area contributed by atoms with Crippen LogP contribution in [-0.4, -0.2) is 37.1 Å². The van der Waals surface area contributed by atoms with E-state index in [1.54, 1.807) is 14.2 Å². The van der Waals surface area contributed by atoms with Crippen molar-refractivity contribution < 1.29 is 14.9 Å². The molecular weight excluding hydrogens is 132 g/mol. The molecule has 0 rings (SSSR count). The zero-order valence-electron chi connectivity index (χ0n) is 7.00. The molecule has 0 aliphatic rings. The van der Waals surface area contributed by atoms with Crippen LogP contribution in [0.1, 0.15) is 19.8 Å². The second kappa shape index (κ2) is 11.6. The molecule has 0 heterocycles. The lowest BCUT2D eigenvalue weighted by Crippen LogP contribution is -2.10. The Labute approximate surface area is 62.6 Å². The first-order chi connectivity index (χ1) is 4.72. The number of hydrogen-bond donors (Lipinski definition) is 2. The van der Waals surface area contributed by atoms with E-state index in [4.69, 9.17) is 10.2 Å². The standard InChI is InChI=1S/C5H12O2.C2H6O/c1-2-3-5(7)4-6;1-3-2/h5-7H,2-4H2,1H3;1-2H3. The lowest BCUT2D eigenvalue weighted by Gasteiger charge is -2.01. The van der Waals surface area contributed by atoms with Crippen LogP contribution in [0.25, 0.3) is 0 Å². The SMILES string of the molecule is CCCC(O)CO.COC. The highest BCUT2D eigenvalue weighted by Gasteiger charge is 1.95. The Kier molecular flexibility index (Phi) is 14.6. The van der Waals surface area contributed by atoms with E-state index in [1.807, 2.05) is 6.92 Å². The fraction of sp³-hybridized carbons (Fsp3) is 1.00. The van der Waals surface area contributed by atoms with Crippen LogP contribution in [0.4, 0.5) is 0 Å². The normalized spacial score (nSPS) is 11.7. The Morgan fingerprint density at radius 3 is 1.90 bits per heavy atom. The summed E-state index contributed by atoms with van der Waals surface area (Å²) in [5, 5.41) is 16.8. The molecule has 0 spiro atoms. The van der Waals surface area contributed by atoms with Gasteiger partial charge in [0.25, 0.3) is 0 Å². The van der Waals surface area contributed by atoms with Gasteiger partial charge in [-0.1, -0.05) is 13.3 Å². The highest BCUT2D eigenvalue weighted by Crippen LogP contribution is 1.92. The van der Waals surface area contributed by atoms with Crippen LogP contribution in [0.2, 0.25) is 0 Å². The summed E-state index contributed by atoms with van der Waals surface area (Å²) >= 11 is 0. The number of ether oxygens (including phenoxy) is 1. The van der Waals surface area contributed by atoms with Crippen LogP contribution in [0, 0.1) is 0 Å². The zero-order valence-corrected chi connectivity index (χ0v) is 7.00. The van der Waals surface area contributed by atoms with E-state index in [2.05, 4.69) is 4.74 Å². The van der Waals surface area contributed by atoms with E-state index in [0.29, 0.717) is 6.42 Å². The predicted molar refractivity (Wildman–Crippen MR) is 40.9 cm³/mol. The van der Waals surface area contributed by atoms with Gasteiger partial charge in [0.05, 0.1) is 12.7 Å². The second-order valence-electron chi connectivity index (χ2n) is 2.03. The molecule has 3 heteroatoms. The summed E-state index contributed by atoms with van der Waals surface area (Å²) in [6.45, 7) is 1.87. The summed E-state index contributed by atoms with van der Waals surface area (Å²) in [6, 6.07) is 0. The molecule has 0 aromatic carbocycles. The van der Waals surface area contributed by atoms with E-state index in [-0.39, 0.29) is 6.61 Å². The van der Waals surface area contributed by atoms with Crippen molar-refractivity contribution in [3.63, 3.8) is 0 Å². The van der Waals surface area contributed by atoms with Gasteiger partial charge in [0.15, 0.2) is 0 Å². The van der Waals surface area contributed by atoms with Gasteiger partial charge >= 0.3 is 0 Å². The van der Waals surface area contributed by atoms with Crippen molar-refractivity contribution in [2.75, 3.05) is 20.8 Å². The molecule has 1 atom stereocenters. The number of rotatable bonds is 3. The summed E-state index contributed by atoms with van der Waals surface area (Å²) in [5.74, 6) is 0. The molecule has 10 heavy (non-hydrogen) atoms. The van der Waals surface area contributed by atoms with Gasteiger partial charge in [-0.05, 0) is 6.42 Å². The third kappa shape index (κ3) is 15.7. The fourth-order valence-electron chi connectivity index (χ4n) is 0.425. The molecule has 0 aromatic heterocycles. The second-order valence-corrected chi connectivity index (χ2v) is 2.03. The van der Waals surface area contributed by atoms with E-state index in [9.17, 15) is 0 Å². The monoisotopic (exact) mass is 150 g/mol. The maximum absolute atomic E-state index is 8.61. The largest absolute Gasteiger partial charge is 0.394 e. The van der Waals surface area contributed by atoms with Crippen molar-refractivity contribution in [2.24, 2.45) is 0 Å². The van der Waals surface area contributed by atoms with E-state index < -0.39 is 6.10 Å². The Morgan fingerprint density at radius 2 is 1.80 bits per heavy atom. The zero-order chi connectivity index (χ0) is 8.41. The van der Waals surface area contributed by atoms with Crippen molar-refractivity contribution in [1.29, 1.82) is 0 Å². The fourth-order valence-corrected chi connectivity index (χ4v) is 0.425. The summed E-state index contributed by atoms with van der Waals surface area (Å²) in [4.78, 5) is 0. The third-order valence-electron chi connectivity index (χ3n) is 0.833. The summed E-state index contributed by atoms with van der Waals surface area (Å²) in [6.07, 6.45) is 1.14. The molecule has 0 aliphatic carbocycles. The Hall–Kier alpha value is -0.120. The first-order valence-corrected chi connectivity index (χ1v) is 3.41. The van der Waals surface area contributed by atoms with Gasteiger partial charge in [0.1, 0.15) is 0 Å². The number of aliphatic hydroxyl groups excluding tert-OH is 2. The van der Waals surface area contributed by atoms with Gasteiger partial charge in [-0.2, -0.15) is 0 Å². The smallest absolute Gasteiger partial charge is 0.0770 e. The van der Waals surface area contributed by atoms with Crippen LogP contribution < -0.4 is 0 Å². The lowest BCUT2D eigenvalue weighted by molar-refractivity contribution is 0.0877. The molecule has 1 unspecified atom stereocenters. The lowest BCUT2D eigenvalue weighted by atomic mass is 10.2. The van der Waals surface area contributed by atoms with Crippen LogP contribution in [0.5, 0.6) is 0 Å². The van der Waals surface area contributed by atoms with Gasteiger partial charge in [-0.3, -0.25) is 0 Å². The van der Waals surface area contributed by atoms with Crippen LogP contribution in [0.3, 0.4) is 0 Å². The topological polar surface area (TPSA) is 49.7 Å². The molecule has 64 valence electrons. The minimum Gasteiger partial charge on any atom is -0.394 e. The molecular formula is C7H18O3. The molecule has 0 bridgehead atoms. The quantitative estimate of drug-likeness (QED) is 0.612. The first-order valence-electron chi connectivity index (χ1n) is 3.41. The molecule has 0 aromatic rings. The van der Waals surface area contributed by atoms with Crippen molar-refractivity contribution in [2.45, 2.75) is 25.9 Å². The summed E-state index contributed by atoms with van der Waals surface area (Å²) < 4.78 is 4.25. The maximum Gasteiger partial charge on any atom is 0.0770 e. The number of aliphatic hydroxyl groups is 2. The molecule has 2 N–H and O–H groups in total. The molecule has 0 radical (unpaired) electrons. The molecule has 0 amide bonds. The number of methoxy groups -OCH3 is 1. The van der Waals surface area contributed by atoms with Gasteiger partial charge in [0.2, 0.25) is 0 Å². The molecule has 0 fully saturated rings. The van der Waals surface area contributed by atoms with Crippen molar-refractivity contribution in [3.05, 3.63) is 0 Å². The highest BCUT2D eigenvalue weighted by atomic mass is 16.4. The van der Waals surface area contributed by atoms with Crippen LogP contribution in [0.15, 0.2) is 0 Å². The Bertz CT molecular complexity index is 48.1. The first kappa shape index (κ1) is 12.5. The van der Waals surface area contributed by atoms with Gasteiger partial charge in [0, 0.05) is 14.2 Å². The minimum absolute atomic E-state index is 0.103. The molecule has 0 saturated carbocycles. The predicted octanol–water partition coefficient (Wildman–Crippen LogP) is 0.402. The van der Waals surface area contributed by atoms with E-state index in [1.165, 1.54) is 0 Å². The minimum atomic E-state index is -0.495.